The van der Waals surface area contributed by atoms with Gasteiger partial charge in [-0.25, -0.2) is 4.39 Å². The summed E-state index contributed by atoms with van der Waals surface area (Å²) in [6.07, 6.45) is 0. The standard InChI is InChI=1S/C12H12FNS/c1-8-6-15-7-10(8)12(14)9-4-2-3-5-11(9)13/h2-7,12H,14H2,1H3. The zero-order chi connectivity index (χ0) is 10.8. The van der Waals surface area contributed by atoms with Gasteiger partial charge in [-0.3, -0.25) is 0 Å². The van der Waals surface area contributed by atoms with Crippen LogP contribution in [0.2, 0.25) is 0 Å². The van der Waals surface area contributed by atoms with Crippen LogP contribution in [0.5, 0.6) is 0 Å². The van der Waals surface area contributed by atoms with E-state index in [2.05, 4.69) is 0 Å². The average Bonchev–Trinajstić information content (AvgIpc) is 2.64. The van der Waals surface area contributed by atoms with E-state index < -0.39 is 0 Å². The largest absolute Gasteiger partial charge is 0.320 e. The second-order valence-electron chi connectivity index (χ2n) is 3.51. The Balaban J connectivity index is 2.41. The van der Waals surface area contributed by atoms with Gasteiger partial charge in [0.15, 0.2) is 0 Å². The minimum Gasteiger partial charge on any atom is -0.320 e. The van der Waals surface area contributed by atoms with Crippen LogP contribution in [-0.2, 0) is 0 Å². The van der Waals surface area contributed by atoms with Gasteiger partial charge in [0.05, 0.1) is 6.04 Å². The van der Waals surface area contributed by atoms with Gasteiger partial charge < -0.3 is 5.73 Å². The van der Waals surface area contributed by atoms with Crippen LogP contribution in [0.1, 0.15) is 22.7 Å². The van der Waals surface area contributed by atoms with Crippen molar-refractivity contribution in [2.24, 2.45) is 5.73 Å². The number of nitrogens with two attached hydrogens (primary N) is 1. The Labute approximate surface area is 92.4 Å². The van der Waals surface area contributed by atoms with E-state index in [9.17, 15) is 4.39 Å². The third-order valence-electron chi connectivity index (χ3n) is 2.47. The Morgan fingerprint density at radius 1 is 1.20 bits per heavy atom. The molecule has 2 aromatic rings. The highest BCUT2D eigenvalue weighted by Crippen LogP contribution is 2.26. The van der Waals surface area contributed by atoms with Crippen LogP contribution in [0.25, 0.3) is 0 Å². The maximum atomic E-state index is 13.5. The summed E-state index contributed by atoms with van der Waals surface area (Å²) in [6.45, 7) is 1.99. The summed E-state index contributed by atoms with van der Waals surface area (Å²) in [4.78, 5) is 0. The van der Waals surface area contributed by atoms with Crippen LogP contribution in [0, 0.1) is 12.7 Å². The molecule has 1 unspecified atom stereocenters. The maximum absolute atomic E-state index is 13.5. The first kappa shape index (κ1) is 10.3. The van der Waals surface area contributed by atoms with Gasteiger partial charge >= 0.3 is 0 Å². The summed E-state index contributed by atoms with van der Waals surface area (Å²) in [6, 6.07) is 6.29. The van der Waals surface area contributed by atoms with Gasteiger partial charge in [-0.1, -0.05) is 18.2 Å². The Kier molecular flexibility index (Phi) is 2.84. The van der Waals surface area contributed by atoms with Gasteiger partial charge in [-0.2, -0.15) is 11.3 Å². The van der Waals surface area contributed by atoms with Crippen molar-refractivity contribution in [3.8, 4) is 0 Å². The summed E-state index contributed by atoms with van der Waals surface area (Å²) >= 11 is 1.59. The van der Waals surface area contributed by atoms with Gasteiger partial charge in [0, 0.05) is 5.56 Å². The van der Waals surface area contributed by atoms with Crippen LogP contribution in [0.3, 0.4) is 0 Å². The fourth-order valence-electron chi connectivity index (χ4n) is 1.58. The molecule has 2 N–H and O–H groups in total. The molecule has 0 radical (unpaired) electrons. The van der Waals surface area contributed by atoms with Crippen molar-refractivity contribution < 1.29 is 4.39 Å². The molecule has 0 spiro atoms. The van der Waals surface area contributed by atoms with Crippen molar-refractivity contribution in [3.05, 3.63) is 57.5 Å². The van der Waals surface area contributed by atoms with Gasteiger partial charge in [0.2, 0.25) is 0 Å². The van der Waals surface area contributed by atoms with Gasteiger partial charge in [0.1, 0.15) is 5.82 Å². The molecule has 0 aliphatic rings. The van der Waals surface area contributed by atoms with Crippen LogP contribution in [-0.4, -0.2) is 0 Å². The van der Waals surface area contributed by atoms with Crippen molar-refractivity contribution in [1.82, 2.24) is 0 Å². The fourth-order valence-corrected chi connectivity index (χ4v) is 2.47. The monoisotopic (exact) mass is 221 g/mol. The number of thiophene rings is 1. The molecule has 78 valence electrons. The highest BCUT2D eigenvalue weighted by Gasteiger charge is 2.15. The van der Waals surface area contributed by atoms with Gasteiger partial charge in [-0.15, -0.1) is 0 Å². The van der Waals surface area contributed by atoms with E-state index in [-0.39, 0.29) is 11.9 Å². The first-order valence-electron chi connectivity index (χ1n) is 4.73. The summed E-state index contributed by atoms with van der Waals surface area (Å²) in [7, 11) is 0. The summed E-state index contributed by atoms with van der Waals surface area (Å²) < 4.78 is 13.5. The molecule has 0 fully saturated rings. The zero-order valence-corrected chi connectivity index (χ0v) is 9.22. The number of benzene rings is 1. The maximum Gasteiger partial charge on any atom is 0.128 e. The third-order valence-corrected chi connectivity index (χ3v) is 3.35. The van der Waals surface area contributed by atoms with Crippen LogP contribution < -0.4 is 5.73 Å². The molecular formula is C12H12FNS. The molecule has 1 heterocycles. The van der Waals surface area contributed by atoms with Crippen molar-refractivity contribution in [2.75, 3.05) is 0 Å². The van der Waals surface area contributed by atoms with Gasteiger partial charge in [0.25, 0.3) is 0 Å². The van der Waals surface area contributed by atoms with E-state index in [1.54, 1.807) is 29.5 Å². The molecule has 0 bridgehead atoms. The number of rotatable bonds is 2. The van der Waals surface area contributed by atoms with E-state index >= 15 is 0 Å². The number of hydrogen-bond donors (Lipinski definition) is 1. The van der Waals surface area contributed by atoms with E-state index in [1.165, 1.54) is 6.07 Å². The van der Waals surface area contributed by atoms with E-state index in [4.69, 9.17) is 5.73 Å². The second kappa shape index (κ2) is 4.13. The number of hydrogen-bond acceptors (Lipinski definition) is 2. The molecule has 0 aliphatic carbocycles. The molecule has 2 rings (SSSR count). The summed E-state index contributed by atoms with van der Waals surface area (Å²) in [5.74, 6) is -0.240. The first-order chi connectivity index (χ1) is 7.20. The summed E-state index contributed by atoms with van der Waals surface area (Å²) in [5, 5.41) is 4.00. The van der Waals surface area contributed by atoms with Crippen molar-refractivity contribution in [2.45, 2.75) is 13.0 Å². The van der Waals surface area contributed by atoms with E-state index in [0.717, 1.165) is 11.1 Å². The lowest BCUT2D eigenvalue weighted by atomic mass is 9.99. The second-order valence-corrected chi connectivity index (χ2v) is 4.25. The highest BCUT2D eigenvalue weighted by atomic mass is 32.1. The van der Waals surface area contributed by atoms with Gasteiger partial charge in [-0.05, 0) is 34.9 Å². The van der Waals surface area contributed by atoms with Crippen LogP contribution in [0.4, 0.5) is 4.39 Å². The summed E-state index contributed by atoms with van der Waals surface area (Å²) in [5.41, 5.74) is 8.71. The predicted molar refractivity (Wildman–Crippen MR) is 61.5 cm³/mol. The average molecular weight is 221 g/mol. The molecule has 1 atom stereocenters. The molecule has 0 saturated carbocycles. The first-order valence-corrected chi connectivity index (χ1v) is 5.67. The highest BCUT2D eigenvalue weighted by molar-refractivity contribution is 7.08. The van der Waals surface area contributed by atoms with E-state index in [1.807, 2.05) is 17.7 Å². The van der Waals surface area contributed by atoms with Crippen molar-refractivity contribution in [1.29, 1.82) is 0 Å². The molecule has 0 aliphatic heterocycles. The topological polar surface area (TPSA) is 26.0 Å². The SMILES string of the molecule is Cc1cscc1C(N)c1ccccc1F. The molecule has 3 heteroatoms. The number of halogens is 1. The molecule has 0 amide bonds. The van der Waals surface area contributed by atoms with Crippen molar-refractivity contribution >= 4 is 11.3 Å². The van der Waals surface area contributed by atoms with Crippen LogP contribution >= 0.6 is 11.3 Å². The molecule has 1 nitrogen and oxygen atoms in total. The molecule has 1 aromatic heterocycles. The zero-order valence-electron chi connectivity index (χ0n) is 8.41. The van der Waals surface area contributed by atoms with Crippen LogP contribution in [0.15, 0.2) is 35.0 Å². The molecule has 0 saturated heterocycles. The smallest absolute Gasteiger partial charge is 0.128 e. The normalized spacial score (nSPS) is 12.7. The predicted octanol–water partition coefficient (Wildman–Crippen LogP) is 3.24. The van der Waals surface area contributed by atoms with E-state index in [0.29, 0.717) is 5.56 Å². The molecular weight excluding hydrogens is 209 g/mol. The lowest BCUT2D eigenvalue weighted by Gasteiger charge is -2.12. The van der Waals surface area contributed by atoms with Crippen molar-refractivity contribution in [3.63, 3.8) is 0 Å². The molecule has 1 aromatic carbocycles. The Morgan fingerprint density at radius 3 is 2.53 bits per heavy atom. The lowest BCUT2D eigenvalue weighted by molar-refractivity contribution is 0.599. The Morgan fingerprint density at radius 2 is 1.93 bits per heavy atom. The number of aryl methyl sites for hydroxylation is 1. The minimum atomic E-state index is -0.363. The minimum absolute atomic E-state index is 0.240. The Bertz CT molecular complexity index is 464. The Hall–Kier alpha value is -1.19. The fraction of sp³-hybridized carbons (Fsp3) is 0.167. The quantitative estimate of drug-likeness (QED) is 0.827. The third kappa shape index (κ3) is 1.94. The lowest BCUT2D eigenvalue weighted by Crippen LogP contribution is -2.13. The molecule has 15 heavy (non-hydrogen) atoms.